The Morgan fingerprint density at radius 2 is 1.92 bits per heavy atom. The molecule has 0 spiro atoms. The summed E-state index contributed by atoms with van der Waals surface area (Å²) in [6.45, 7) is 0.685. The molecule has 2 aliphatic heterocycles. The van der Waals surface area contributed by atoms with E-state index in [1.54, 1.807) is 6.07 Å². The van der Waals surface area contributed by atoms with Crippen molar-refractivity contribution in [3.63, 3.8) is 0 Å². The zero-order chi connectivity index (χ0) is 26.5. The Hall–Kier alpha value is -2.56. The number of ether oxygens (including phenoxy) is 1. The first-order chi connectivity index (χ1) is 17.5. The number of likely N-dealkylation sites (tertiary alicyclic amines) is 1. The molecule has 12 heteroatoms. The molecule has 0 bridgehead atoms. The number of hydrogen-bond donors (Lipinski definition) is 1. The molecule has 0 saturated carbocycles. The van der Waals surface area contributed by atoms with Crippen LogP contribution in [-0.2, 0) is 27.2 Å². The molecule has 1 aromatic carbocycles. The number of nitrogens with zero attached hydrogens (tertiary/aromatic N) is 3. The molecular formula is C25H25Cl2F3N4O3. The van der Waals surface area contributed by atoms with E-state index in [0.717, 1.165) is 18.2 Å². The first-order valence-corrected chi connectivity index (χ1v) is 12.7. The van der Waals surface area contributed by atoms with E-state index in [2.05, 4.69) is 10.3 Å². The molecule has 1 aliphatic carbocycles. The molecule has 37 heavy (non-hydrogen) atoms. The van der Waals surface area contributed by atoms with Crippen LogP contribution in [0, 0.1) is 5.92 Å². The number of nitrogens with one attached hydrogen (secondary N) is 1. The summed E-state index contributed by atoms with van der Waals surface area (Å²) in [7, 11) is 1.12. The number of carbonyl (C=O) groups is 2. The molecule has 2 amide bonds. The molecule has 0 radical (unpaired) electrons. The van der Waals surface area contributed by atoms with E-state index in [9.17, 15) is 22.8 Å². The van der Waals surface area contributed by atoms with Gasteiger partial charge in [0.2, 0.25) is 5.91 Å². The van der Waals surface area contributed by atoms with Crippen LogP contribution in [0.2, 0.25) is 10.0 Å². The van der Waals surface area contributed by atoms with Crippen LogP contribution in [-0.4, -0.2) is 71.7 Å². The highest BCUT2D eigenvalue weighted by atomic mass is 35.5. The first kappa shape index (κ1) is 26.1. The number of fused-ring (bicyclic) bond motifs is 1. The van der Waals surface area contributed by atoms with E-state index >= 15 is 0 Å². The fraction of sp³-hybridized carbons (Fsp3) is 0.480. The highest BCUT2D eigenvalue weighted by molar-refractivity contribution is 6.42. The number of aromatic nitrogens is 1. The van der Waals surface area contributed by atoms with Gasteiger partial charge >= 0.3 is 6.18 Å². The fourth-order valence-electron chi connectivity index (χ4n) is 5.07. The van der Waals surface area contributed by atoms with Gasteiger partial charge in [-0.15, -0.1) is 0 Å². The molecule has 1 N–H and O–H groups in total. The van der Waals surface area contributed by atoms with Gasteiger partial charge < -0.3 is 19.9 Å². The Balaban J connectivity index is 1.23. The summed E-state index contributed by atoms with van der Waals surface area (Å²) >= 11 is 12.4. The number of rotatable bonds is 6. The van der Waals surface area contributed by atoms with Crippen molar-refractivity contribution in [1.82, 2.24) is 14.8 Å². The highest BCUT2D eigenvalue weighted by Gasteiger charge is 2.49. The van der Waals surface area contributed by atoms with Crippen molar-refractivity contribution in [2.24, 2.45) is 5.92 Å². The topological polar surface area (TPSA) is 74.8 Å². The monoisotopic (exact) mass is 556 g/mol. The molecule has 3 aliphatic rings. The lowest BCUT2D eigenvalue weighted by molar-refractivity contribution is -0.194. The summed E-state index contributed by atoms with van der Waals surface area (Å²) in [4.78, 5) is 31.2. The van der Waals surface area contributed by atoms with Gasteiger partial charge in [-0.2, -0.15) is 13.2 Å². The van der Waals surface area contributed by atoms with Gasteiger partial charge in [-0.05, 0) is 42.2 Å². The molecule has 2 unspecified atom stereocenters. The molecular weight excluding hydrogens is 532 g/mol. The number of alkyl halides is 3. The third kappa shape index (κ3) is 5.11. The van der Waals surface area contributed by atoms with Gasteiger partial charge in [0.05, 0.1) is 40.1 Å². The van der Waals surface area contributed by atoms with Crippen molar-refractivity contribution in [1.29, 1.82) is 0 Å². The summed E-state index contributed by atoms with van der Waals surface area (Å²) in [6.07, 6.45) is -1.94. The minimum absolute atomic E-state index is 0.00381. The maximum atomic E-state index is 14.1. The summed E-state index contributed by atoms with van der Waals surface area (Å²) in [5.41, 5.74) is 2.31. The maximum absolute atomic E-state index is 14.1. The number of benzene rings is 1. The second-order valence-corrected chi connectivity index (χ2v) is 10.5. The molecule has 2 saturated heterocycles. The average Bonchev–Trinajstić information content (AvgIpc) is 3.17. The van der Waals surface area contributed by atoms with Gasteiger partial charge in [-0.1, -0.05) is 29.3 Å². The molecule has 7 nitrogen and oxygen atoms in total. The van der Waals surface area contributed by atoms with Crippen molar-refractivity contribution in [3.8, 4) is 0 Å². The van der Waals surface area contributed by atoms with E-state index in [0.29, 0.717) is 46.5 Å². The summed E-state index contributed by atoms with van der Waals surface area (Å²) in [5, 5.41) is 4.29. The normalized spacial score (nSPS) is 22.1. The van der Waals surface area contributed by atoms with Gasteiger partial charge in [0.15, 0.2) is 6.04 Å². The Morgan fingerprint density at radius 1 is 1.19 bits per heavy atom. The van der Waals surface area contributed by atoms with Crippen molar-refractivity contribution in [3.05, 3.63) is 57.3 Å². The molecule has 2 fully saturated rings. The number of halogens is 5. The van der Waals surface area contributed by atoms with E-state index < -0.39 is 30.1 Å². The maximum Gasteiger partial charge on any atom is 0.414 e. The van der Waals surface area contributed by atoms with Gasteiger partial charge in [-0.25, -0.2) is 0 Å². The molecule has 198 valence electrons. The number of hydrogen-bond acceptors (Lipinski definition) is 5. The summed E-state index contributed by atoms with van der Waals surface area (Å²) in [6, 6.07) is 4.27. The minimum atomic E-state index is -4.73. The van der Waals surface area contributed by atoms with Crippen molar-refractivity contribution in [2.45, 2.75) is 43.6 Å². The predicted molar refractivity (Wildman–Crippen MR) is 132 cm³/mol. The molecule has 3 heterocycles. The van der Waals surface area contributed by atoms with Crippen LogP contribution in [0.4, 0.5) is 18.9 Å². The van der Waals surface area contributed by atoms with E-state index in [4.69, 9.17) is 27.9 Å². The van der Waals surface area contributed by atoms with Crippen LogP contribution in [0.15, 0.2) is 30.5 Å². The fourth-order valence-corrected chi connectivity index (χ4v) is 5.51. The van der Waals surface area contributed by atoms with E-state index in [1.165, 1.54) is 23.2 Å². The minimum Gasteiger partial charge on any atom is -0.380 e. The third-order valence-corrected chi connectivity index (χ3v) is 8.05. The second-order valence-electron chi connectivity index (χ2n) is 9.70. The largest absolute Gasteiger partial charge is 0.414 e. The van der Waals surface area contributed by atoms with E-state index in [-0.39, 0.29) is 30.7 Å². The van der Waals surface area contributed by atoms with Gasteiger partial charge in [-0.3, -0.25) is 14.6 Å². The zero-order valence-electron chi connectivity index (χ0n) is 19.9. The van der Waals surface area contributed by atoms with Crippen LogP contribution in [0.1, 0.15) is 29.3 Å². The first-order valence-electron chi connectivity index (χ1n) is 11.9. The van der Waals surface area contributed by atoms with Crippen LogP contribution in [0.3, 0.4) is 0 Å². The SMILES string of the molecule is CN(C(=O)C1CN(C(=O)C2CCO2)C1)[C@@H](c1ccc(NC2Cc3ccc(Cl)c(Cl)c3C2)cn1)C(F)(F)F. The van der Waals surface area contributed by atoms with E-state index in [1.807, 2.05) is 6.07 Å². The van der Waals surface area contributed by atoms with Crippen LogP contribution in [0.25, 0.3) is 0 Å². The number of anilines is 1. The zero-order valence-corrected chi connectivity index (χ0v) is 21.4. The molecule has 3 atom stereocenters. The van der Waals surface area contributed by atoms with Gasteiger partial charge in [0, 0.05) is 32.6 Å². The summed E-state index contributed by atoms with van der Waals surface area (Å²) in [5.74, 6) is -1.58. The number of carbonyl (C=O) groups excluding carboxylic acids is 2. The molecule has 2 aromatic rings. The third-order valence-electron chi connectivity index (χ3n) is 7.21. The molecule has 1 aromatic heterocycles. The Bertz CT molecular complexity index is 1200. The average molecular weight is 557 g/mol. The van der Waals surface area contributed by atoms with Gasteiger partial charge in [0.25, 0.3) is 5.91 Å². The van der Waals surface area contributed by atoms with Crippen molar-refractivity contribution in [2.75, 3.05) is 32.1 Å². The quantitative estimate of drug-likeness (QED) is 0.575. The Labute approximate surface area is 221 Å². The van der Waals surface area contributed by atoms with Crippen LogP contribution < -0.4 is 5.32 Å². The van der Waals surface area contributed by atoms with Gasteiger partial charge in [0.1, 0.15) is 6.10 Å². The number of pyridine rings is 1. The number of amides is 2. The Kier molecular flexibility index (Phi) is 7.02. The highest BCUT2D eigenvalue weighted by Crippen LogP contribution is 2.39. The molecule has 5 rings (SSSR count). The Morgan fingerprint density at radius 3 is 2.51 bits per heavy atom. The predicted octanol–water partition coefficient (Wildman–Crippen LogP) is 4.28. The smallest absolute Gasteiger partial charge is 0.380 e. The van der Waals surface area contributed by atoms with Crippen molar-refractivity contribution < 1.29 is 27.5 Å². The lowest BCUT2D eigenvalue weighted by Crippen LogP contribution is -2.60. The lowest BCUT2D eigenvalue weighted by Gasteiger charge is -2.43. The van der Waals surface area contributed by atoms with Crippen LogP contribution >= 0.6 is 23.2 Å². The summed E-state index contributed by atoms with van der Waals surface area (Å²) < 4.78 is 47.3. The standard InChI is InChI=1S/C25H25Cl2F3N4O3/c1-33(23(35)14-11-34(12-14)24(36)20-6-7-37-20)22(25(28,29)30)19-5-3-15(10-31-19)32-16-8-13-2-4-18(26)21(27)17(13)9-16/h2-5,10,14,16,20,22,32H,6-9,11-12H2,1H3/t16?,20?,22-/m0/s1. The second kappa shape index (κ2) is 9.96. The van der Waals surface area contributed by atoms with Crippen LogP contribution in [0.5, 0.6) is 0 Å². The lowest BCUT2D eigenvalue weighted by atomic mass is 9.95. The van der Waals surface area contributed by atoms with Crippen molar-refractivity contribution >= 4 is 40.7 Å².